The van der Waals surface area contributed by atoms with Crippen LogP contribution >= 0.6 is 11.6 Å². The molecule has 0 aliphatic heterocycles. The largest absolute Gasteiger partial charge is 0.316 e. The summed E-state index contributed by atoms with van der Waals surface area (Å²) in [5.41, 5.74) is 2.32. The average Bonchev–Trinajstić information content (AvgIpc) is 2.40. The summed E-state index contributed by atoms with van der Waals surface area (Å²) >= 11 is 5.84. The molecule has 0 unspecified atom stereocenters. The fourth-order valence-corrected chi connectivity index (χ4v) is 3.32. The first-order valence-corrected chi connectivity index (χ1v) is 8.50. The van der Waals surface area contributed by atoms with E-state index in [1.165, 1.54) is 0 Å². The zero-order valence-corrected chi connectivity index (χ0v) is 13.2. The van der Waals surface area contributed by atoms with Gasteiger partial charge in [-0.05, 0) is 36.4 Å². The Balaban J connectivity index is 2.06. The van der Waals surface area contributed by atoms with E-state index in [1.54, 1.807) is 24.3 Å². The van der Waals surface area contributed by atoms with Crippen LogP contribution in [0, 0.1) is 0 Å². The Morgan fingerprint density at radius 2 is 1.71 bits per heavy atom. The highest BCUT2D eigenvalue weighted by molar-refractivity contribution is 7.91. The Morgan fingerprint density at radius 3 is 2.33 bits per heavy atom. The highest BCUT2D eigenvalue weighted by Crippen LogP contribution is 2.17. The SMILES string of the molecule is CNCc1ccc(CS(=O)(=O)Nc2cccc(Cl)c2)cc1. The van der Waals surface area contributed by atoms with Gasteiger partial charge < -0.3 is 5.32 Å². The predicted molar refractivity (Wildman–Crippen MR) is 86.9 cm³/mol. The van der Waals surface area contributed by atoms with E-state index in [9.17, 15) is 8.42 Å². The zero-order chi connectivity index (χ0) is 15.3. The molecule has 0 bridgehead atoms. The molecule has 6 heteroatoms. The number of rotatable bonds is 6. The topological polar surface area (TPSA) is 58.2 Å². The summed E-state index contributed by atoms with van der Waals surface area (Å²) < 4.78 is 26.8. The van der Waals surface area contributed by atoms with Gasteiger partial charge in [-0.3, -0.25) is 4.72 Å². The first-order valence-electron chi connectivity index (χ1n) is 6.47. The van der Waals surface area contributed by atoms with E-state index in [0.717, 1.165) is 17.7 Å². The molecule has 0 saturated heterocycles. The summed E-state index contributed by atoms with van der Waals surface area (Å²) in [5, 5.41) is 3.54. The quantitative estimate of drug-likeness (QED) is 0.858. The minimum absolute atomic E-state index is 0.0701. The van der Waals surface area contributed by atoms with Crippen LogP contribution in [0.4, 0.5) is 5.69 Å². The Hall–Kier alpha value is -1.56. The van der Waals surface area contributed by atoms with Gasteiger partial charge in [0, 0.05) is 17.3 Å². The fourth-order valence-electron chi connectivity index (χ4n) is 1.94. The molecule has 0 aliphatic rings. The second-order valence-electron chi connectivity index (χ2n) is 4.72. The molecular formula is C15H17ClN2O2S. The highest BCUT2D eigenvalue weighted by Gasteiger charge is 2.12. The molecule has 0 aromatic heterocycles. The minimum Gasteiger partial charge on any atom is -0.316 e. The second kappa shape index (κ2) is 6.93. The maximum atomic E-state index is 12.1. The zero-order valence-electron chi connectivity index (χ0n) is 11.6. The van der Waals surface area contributed by atoms with Gasteiger partial charge in [0.15, 0.2) is 0 Å². The van der Waals surface area contributed by atoms with E-state index in [2.05, 4.69) is 10.0 Å². The molecule has 0 amide bonds. The van der Waals surface area contributed by atoms with Crippen molar-refractivity contribution in [2.45, 2.75) is 12.3 Å². The summed E-state index contributed by atoms with van der Waals surface area (Å²) in [6, 6.07) is 14.1. The van der Waals surface area contributed by atoms with Crippen LogP contribution in [0.15, 0.2) is 48.5 Å². The lowest BCUT2D eigenvalue weighted by Gasteiger charge is -2.09. The van der Waals surface area contributed by atoms with Gasteiger partial charge in [0.25, 0.3) is 0 Å². The van der Waals surface area contributed by atoms with E-state index in [1.807, 2.05) is 31.3 Å². The molecule has 0 fully saturated rings. The molecule has 0 radical (unpaired) electrons. The van der Waals surface area contributed by atoms with Gasteiger partial charge >= 0.3 is 0 Å². The third kappa shape index (κ3) is 5.04. The first-order chi connectivity index (χ1) is 9.98. The van der Waals surface area contributed by atoms with Gasteiger partial charge in [0.2, 0.25) is 10.0 Å². The van der Waals surface area contributed by atoms with Crippen LogP contribution in [0.25, 0.3) is 0 Å². The Kier molecular flexibility index (Phi) is 5.22. The highest BCUT2D eigenvalue weighted by atomic mass is 35.5. The summed E-state index contributed by atoms with van der Waals surface area (Å²) in [7, 11) is -1.59. The monoisotopic (exact) mass is 324 g/mol. The van der Waals surface area contributed by atoms with E-state index in [4.69, 9.17) is 11.6 Å². The Bertz CT molecular complexity index is 700. The van der Waals surface area contributed by atoms with Gasteiger partial charge in [-0.2, -0.15) is 0 Å². The Labute approximate surface area is 130 Å². The van der Waals surface area contributed by atoms with Gasteiger partial charge in [0.1, 0.15) is 0 Å². The lowest BCUT2D eigenvalue weighted by molar-refractivity contribution is 0.600. The maximum Gasteiger partial charge on any atom is 0.236 e. The molecular weight excluding hydrogens is 308 g/mol. The van der Waals surface area contributed by atoms with E-state index in [-0.39, 0.29) is 5.75 Å². The number of anilines is 1. The van der Waals surface area contributed by atoms with Gasteiger partial charge in [-0.1, -0.05) is 41.9 Å². The third-order valence-electron chi connectivity index (χ3n) is 2.86. The average molecular weight is 325 g/mol. The molecule has 0 aliphatic carbocycles. The molecule has 2 aromatic rings. The van der Waals surface area contributed by atoms with Crippen molar-refractivity contribution in [1.82, 2.24) is 5.32 Å². The van der Waals surface area contributed by atoms with E-state index >= 15 is 0 Å². The van der Waals surface area contributed by atoms with Crippen molar-refractivity contribution < 1.29 is 8.42 Å². The lowest BCUT2D eigenvalue weighted by Crippen LogP contribution is -2.15. The molecule has 0 heterocycles. The van der Waals surface area contributed by atoms with Crippen molar-refractivity contribution >= 4 is 27.3 Å². The first kappa shape index (κ1) is 15.8. The van der Waals surface area contributed by atoms with Crippen LogP contribution in [-0.2, 0) is 22.3 Å². The minimum atomic E-state index is -3.45. The molecule has 112 valence electrons. The van der Waals surface area contributed by atoms with Crippen molar-refractivity contribution in [2.75, 3.05) is 11.8 Å². The number of benzene rings is 2. The van der Waals surface area contributed by atoms with Gasteiger partial charge in [-0.15, -0.1) is 0 Å². The molecule has 0 saturated carbocycles. The Morgan fingerprint density at radius 1 is 1.05 bits per heavy atom. The van der Waals surface area contributed by atoms with Crippen molar-refractivity contribution in [3.8, 4) is 0 Å². The molecule has 4 nitrogen and oxygen atoms in total. The van der Waals surface area contributed by atoms with Gasteiger partial charge in [0.05, 0.1) is 5.75 Å². The predicted octanol–water partition coefficient (Wildman–Crippen LogP) is 3.00. The molecule has 2 rings (SSSR count). The second-order valence-corrected chi connectivity index (χ2v) is 6.88. The molecule has 0 atom stereocenters. The fraction of sp³-hybridized carbons (Fsp3) is 0.200. The lowest BCUT2D eigenvalue weighted by atomic mass is 10.1. The molecule has 2 aromatic carbocycles. The molecule has 2 N–H and O–H groups in total. The van der Waals surface area contributed by atoms with Crippen molar-refractivity contribution in [3.05, 3.63) is 64.7 Å². The smallest absolute Gasteiger partial charge is 0.236 e. The van der Waals surface area contributed by atoms with Crippen LogP contribution in [-0.4, -0.2) is 15.5 Å². The number of hydrogen-bond donors (Lipinski definition) is 2. The number of hydrogen-bond acceptors (Lipinski definition) is 3. The van der Waals surface area contributed by atoms with Gasteiger partial charge in [-0.25, -0.2) is 8.42 Å². The maximum absolute atomic E-state index is 12.1. The number of nitrogens with one attached hydrogen (secondary N) is 2. The summed E-state index contributed by atoms with van der Waals surface area (Å²) in [5.74, 6) is -0.0701. The molecule has 0 spiro atoms. The van der Waals surface area contributed by atoms with Crippen LogP contribution in [0.1, 0.15) is 11.1 Å². The third-order valence-corrected chi connectivity index (χ3v) is 4.35. The number of halogens is 1. The van der Waals surface area contributed by atoms with E-state index < -0.39 is 10.0 Å². The van der Waals surface area contributed by atoms with Crippen LogP contribution in [0.2, 0.25) is 5.02 Å². The van der Waals surface area contributed by atoms with E-state index in [0.29, 0.717) is 10.7 Å². The van der Waals surface area contributed by atoms with Crippen molar-refractivity contribution in [2.24, 2.45) is 0 Å². The summed E-state index contributed by atoms with van der Waals surface area (Å²) in [4.78, 5) is 0. The van der Waals surface area contributed by atoms with Crippen LogP contribution < -0.4 is 10.0 Å². The normalized spacial score (nSPS) is 11.3. The van der Waals surface area contributed by atoms with Crippen molar-refractivity contribution in [1.29, 1.82) is 0 Å². The van der Waals surface area contributed by atoms with Crippen LogP contribution in [0.3, 0.4) is 0 Å². The van der Waals surface area contributed by atoms with Crippen molar-refractivity contribution in [3.63, 3.8) is 0 Å². The standard InChI is InChI=1S/C15H17ClN2O2S/c1-17-10-12-5-7-13(8-6-12)11-21(19,20)18-15-4-2-3-14(16)9-15/h2-9,17-18H,10-11H2,1H3. The number of sulfonamides is 1. The molecule has 21 heavy (non-hydrogen) atoms. The summed E-state index contributed by atoms with van der Waals surface area (Å²) in [6.07, 6.45) is 0. The summed E-state index contributed by atoms with van der Waals surface area (Å²) in [6.45, 7) is 0.758. The van der Waals surface area contributed by atoms with Crippen LogP contribution in [0.5, 0.6) is 0 Å².